The molecule has 0 saturated carbocycles. The van der Waals surface area contributed by atoms with Crippen molar-refractivity contribution in [2.24, 2.45) is 0 Å². The lowest BCUT2D eigenvalue weighted by atomic mass is 10.1. The van der Waals surface area contributed by atoms with Crippen LogP contribution in [0.25, 0.3) is 22.8 Å². The molecule has 5 rings (SSSR count). The summed E-state index contributed by atoms with van der Waals surface area (Å²) < 4.78 is 6.49. The van der Waals surface area contributed by atoms with E-state index >= 15 is 0 Å². The summed E-state index contributed by atoms with van der Waals surface area (Å²) in [6, 6.07) is 16.2. The molecule has 144 valence electrons. The number of benzene rings is 1. The highest BCUT2D eigenvalue weighted by molar-refractivity contribution is 9.10. The van der Waals surface area contributed by atoms with Crippen LogP contribution in [0.2, 0.25) is 0 Å². The van der Waals surface area contributed by atoms with Crippen molar-refractivity contribution in [1.29, 1.82) is 0 Å². The van der Waals surface area contributed by atoms with Crippen molar-refractivity contribution in [2.75, 3.05) is 6.54 Å². The van der Waals surface area contributed by atoms with Gasteiger partial charge in [0.2, 0.25) is 0 Å². The summed E-state index contributed by atoms with van der Waals surface area (Å²) in [5.41, 5.74) is 5.63. The van der Waals surface area contributed by atoms with Crippen molar-refractivity contribution in [3.05, 3.63) is 88.5 Å². The van der Waals surface area contributed by atoms with E-state index in [0.717, 1.165) is 47.5 Å². The smallest absolute Gasteiger partial charge is 0.195 e. The fourth-order valence-electron chi connectivity index (χ4n) is 3.60. The molecule has 0 radical (unpaired) electrons. The monoisotopic (exact) mass is 446 g/mol. The summed E-state index contributed by atoms with van der Waals surface area (Å²) in [4.78, 5) is 16.2. The van der Waals surface area contributed by atoms with Crippen molar-refractivity contribution in [3.8, 4) is 22.8 Å². The minimum absolute atomic E-state index is 0.662. The van der Waals surface area contributed by atoms with Crippen LogP contribution in [-0.4, -0.2) is 26.4 Å². The quantitative estimate of drug-likeness (QED) is 0.435. The van der Waals surface area contributed by atoms with Gasteiger partial charge in [0.25, 0.3) is 0 Å². The zero-order chi connectivity index (χ0) is 19.6. The number of rotatable bonds is 4. The van der Waals surface area contributed by atoms with Gasteiger partial charge in [0.15, 0.2) is 11.6 Å². The van der Waals surface area contributed by atoms with E-state index < -0.39 is 0 Å². The molecular weight excluding hydrogens is 428 g/mol. The number of nitrogens with zero attached hydrogens (tertiary/aromatic N) is 4. The molecule has 4 heterocycles. The van der Waals surface area contributed by atoms with E-state index in [9.17, 15) is 0 Å². The number of fused-ring (bicyclic) bond motifs is 1. The topological polar surface area (TPSA) is 55.1 Å². The van der Waals surface area contributed by atoms with Crippen LogP contribution in [0.5, 0.6) is 0 Å². The van der Waals surface area contributed by atoms with E-state index in [-0.39, 0.29) is 0 Å². The highest BCUT2D eigenvalue weighted by Gasteiger charge is 2.19. The third-order valence-corrected chi connectivity index (χ3v) is 5.65. The number of furan rings is 1. The maximum absolute atomic E-state index is 5.41. The molecule has 1 aromatic carbocycles. The Morgan fingerprint density at radius 2 is 1.90 bits per heavy atom. The predicted molar refractivity (Wildman–Crippen MR) is 115 cm³/mol. The Balaban J connectivity index is 1.27. The minimum Gasteiger partial charge on any atom is -0.461 e. The summed E-state index contributed by atoms with van der Waals surface area (Å²) in [7, 11) is 0. The van der Waals surface area contributed by atoms with Crippen LogP contribution in [-0.2, 0) is 19.5 Å². The number of pyridine rings is 1. The molecule has 3 aromatic heterocycles. The SMILES string of the molecule is Brc1ccc(-c2ccc(CN3CCc4nc(-c5ccco5)ncc4C3)cn2)cc1. The molecule has 1 aliphatic heterocycles. The van der Waals surface area contributed by atoms with Gasteiger partial charge in [-0.2, -0.15) is 0 Å². The summed E-state index contributed by atoms with van der Waals surface area (Å²) in [6.07, 6.45) is 6.47. The van der Waals surface area contributed by atoms with E-state index in [0.29, 0.717) is 11.6 Å². The number of hydrogen-bond donors (Lipinski definition) is 0. The van der Waals surface area contributed by atoms with Gasteiger partial charge < -0.3 is 4.42 Å². The first-order chi connectivity index (χ1) is 14.2. The maximum atomic E-state index is 5.41. The average Bonchev–Trinajstić information content (AvgIpc) is 3.30. The molecule has 0 amide bonds. The fraction of sp³-hybridized carbons (Fsp3) is 0.174. The molecule has 0 aliphatic carbocycles. The van der Waals surface area contributed by atoms with Crippen LogP contribution in [0, 0.1) is 0 Å². The lowest BCUT2D eigenvalue weighted by Gasteiger charge is -2.27. The Morgan fingerprint density at radius 3 is 2.66 bits per heavy atom. The first-order valence-electron chi connectivity index (χ1n) is 9.56. The lowest BCUT2D eigenvalue weighted by molar-refractivity contribution is 0.242. The van der Waals surface area contributed by atoms with Crippen LogP contribution >= 0.6 is 15.9 Å². The van der Waals surface area contributed by atoms with Crippen molar-refractivity contribution < 1.29 is 4.42 Å². The van der Waals surface area contributed by atoms with Gasteiger partial charge in [0.05, 0.1) is 17.7 Å². The molecule has 0 N–H and O–H groups in total. The molecule has 0 spiro atoms. The summed E-state index contributed by atoms with van der Waals surface area (Å²) in [6.45, 7) is 2.69. The molecule has 0 atom stereocenters. The zero-order valence-corrected chi connectivity index (χ0v) is 17.3. The molecule has 0 saturated heterocycles. The second-order valence-electron chi connectivity index (χ2n) is 7.16. The normalized spacial score (nSPS) is 14.0. The first-order valence-corrected chi connectivity index (χ1v) is 10.4. The average molecular weight is 447 g/mol. The Labute approximate surface area is 177 Å². The number of halogens is 1. The van der Waals surface area contributed by atoms with Crippen molar-refractivity contribution in [3.63, 3.8) is 0 Å². The van der Waals surface area contributed by atoms with Crippen LogP contribution < -0.4 is 0 Å². The summed E-state index contributed by atoms with van der Waals surface area (Å²) in [5, 5.41) is 0. The minimum atomic E-state index is 0.662. The van der Waals surface area contributed by atoms with E-state index in [1.807, 2.05) is 36.7 Å². The number of aromatic nitrogens is 3. The predicted octanol–water partition coefficient (Wildman–Crippen LogP) is 5.12. The van der Waals surface area contributed by atoms with Gasteiger partial charge in [-0.1, -0.05) is 34.1 Å². The highest BCUT2D eigenvalue weighted by atomic mass is 79.9. The van der Waals surface area contributed by atoms with Gasteiger partial charge in [-0.3, -0.25) is 9.88 Å². The maximum Gasteiger partial charge on any atom is 0.195 e. The van der Waals surface area contributed by atoms with Gasteiger partial charge in [-0.25, -0.2) is 9.97 Å². The van der Waals surface area contributed by atoms with Crippen LogP contribution in [0.3, 0.4) is 0 Å². The molecule has 29 heavy (non-hydrogen) atoms. The van der Waals surface area contributed by atoms with Gasteiger partial charge in [-0.05, 0) is 35.9 Å². The molecular formula is C23H19BrN4O. The Morgan fingerprint density at radius 1 is 1.00 bits per heavy atom. The standard InChI is InChI=1S/C23H19BrN4O/c24-19-6-4-17(5-7-19)20-8-3-16(12-25-20)14-28-10-9-21-18(15-28)13-26-23(27-21)22-2-1-11-29-22/h1-8,11-13H,9-10,14-15H2. The highest BCUT2D eigenvalue weighted by Crippen LogP contribution is 2.23. The molecule has 1 aliphatic rings. The van der Waals surface area contributed by atoms with Crippen LogP contribution in [0.15, 0.2) is 76.1 Å². The molecule has 0 fully saturated rings. The van der Waals surface area contributed by atoms with Gasteiger partial charge >= 0.3 is 0 Å². The van der Waals surface area contributed by atoms with Gasteiger partial charge in [0.1, 0.15) is 0 Å². The van der Waals surface area contributed by atoms with E-state index in [1.165, 1.54) is 11.1 Å². The third kappa shape index (κ3) is 3.99. The van der Waals surface area contributed by atoms with Gasteiger partial charge in [-0.15, -0.1) is 0 Å². The van der Waals surface area contributed by atoms with Crippen molar-refractivity contribution in [1.82, 2.24) is 19.9 Å². The molecule has 4 aromatic rings. The molecule has 0 unspecified atom stereocenters. The molecule has 6 heteroatoms. The van der Waals surface area contributed by atoms with E-state index in [4.69, 9.17) is 9.40 Å². The van der Waals surface area contributed by atoms with Crippen molar-refractivity contribution >= 4 is 15.9 Å². The molecule has 5 nitrogen and oxygen atoms in total. The van der Waals surface area contributed by atoms with E-state index in [1.54, 1.807) is 6.26 Å². The third-order valence-electron chi connectivity index (χ3n) is 5.13. The van der Waals surface area contributed by atoms with E-state index in [2.05, 4.69) is 55.1 Å². The number of hydrogen-bond acceptors (Lipinski definition) is 5. The lowest BCUT2D eigenvalue weighted by Crippen LogP contribution is -2.31. The Kier molecular flexibility index (Phi) is 4.96. The second-order valence-corrected chi connectivity index (χ2v) is 8.08. The van der Waals surface area contributed by atoms with Crippen molar-refractivity contribution in [2.45, 2.75) is 19.5 Å². The second kappa shape index (κ2) is 7.89. The largest absolute Gasteiger partial charge is 0.461 e. The summed E-state index contributed by atoms with van der Waals surface area (Å²) >= 11 is 3.47. The zero-order valence-electron chi connectivity index (χ0n) is 15.8. The van der Waals surface area contributed by atoms with Crippen LogP contribution in [0.1, 0.15) is 16.8 Å². The Bertz CT molecular complexity index is 1110. The first kappa shape index (κ1) is 18.2. The summed E-state index contributed by atoms with van der Waals surface area (Å²) in [5.74, 6) is 1.38. The van der Waals surface area contributed by atoms with Gasteiger partial charge in [0, 0.05) is 54.0 Å². The van der Waals surface area contributed by atoms with Crippen LogP contribution in [0.4, 0.5) is 0 Å². The molecule has 0 bridgehead atoms. The Hall–Kier alpha value is -2.83. The fourth-order valence-corrected chi connectivity index (χ4v) is 3.87.